The molecule has 1 N–H and O–H groups in total. The lowest BCUT2D eigenvalue weighted by atomic mass is 10.1. The maximum Gasteiger partial charge on any atom is 0.349 e. The van der Waals surface area contributed by atoms with Gasteiger partial charge in [-0.3, -0.25) is 10.1 Å². The summed E-state index contributed by atoms with van der Waals surface area (Å²) in [6.07, 6.45) is 0. The largest absolute Gasteiger partial charge is 0.462 e. The number of esters is 1. The quantitative estimate of drug-likeness (QED) is 0.360. The van der Waals surface area contributed by atoms with Gasteiger partial charge in [-0.25, -0.2) is 9.59 Å². The van der Waals surface area contributed by atoms with Crippen molar-refractivity contribution in [3.63, 3.8) is 0 Å². The normalized spacial score (nSPS) is 10.8. The lowest BCUT2D eigenvalue weighted by molar-refractivity contribution is 0.0528. The number of anilines is 1. The van der Waals surface area contributed by atoms with Crippen LogP contribution in [0.5, 0.6) is 0 Å². The zero-order valence-corrected chi connectivity index (χ0v) is 16.9. The smallest absolute Gasteiger partial charge is 0.349 e. The molecule has 0 bridgehead atoms. The van der Waals surface area contributed by atoms with Gasteiger partial charge in [0.2, 0.25) is 5.88 Å². The molecular weight excluding hydrogens is 424 g/mol. The molecule has 0 aliphatic rings. The highest BCUT2D eigenvalue weighted by Crippen LogP contribution is 2.30. The minimum Gasteiger partial charge on any atom is -0.462 e. The number of ether oxygens (including phenoxy) is 1. The van der Waals surface area contributed by atoms with Gasteiger partial charge in [0, 0.05) is 16.0 Å². The minimum absolute atomic E-state index is 0.0808. The lowest BCUT2D eigenvalue weighted by Gasteiger charge is -2.06. The first-order valence-corrected chi connectivity index (χ1v) is 9.62. The van der Waals surface area contributed by atoms with Crippen molar-refractivity contribution < 1.29 is 23.3 Å². The molecule has 4 rings (SSSR count). The number of amides is 1. The first-order valence-electron chi connectivity index (χ1n) is 9.25. The average Bonchev–Trinajstić information content (AvgIpc) is 3.17. The third-order valence-electron chi connectivity index (χ3n) is 4.40. The molecule has 0 radical (unpaired) electrons. The van der Waals surface area contributed by atoms with E-state index in [0.29, 0.717) is 21.6 Å². The van der Waals surface area contributed by atoms with Crippen molar-refractivity contribution in [2.45, 2.75) is 6.92 Å². The Labute approximate surface area is 180 Å². The van der Waals surface area contributed by atoms with Gasteiger partial charge in [-0.2, -0.15) is 0 Å². The van der Waals surface area contributed by atoms with Crippen LogP contribution in [-0.2, 0) is 4.74 Å². The fourth-order valence-corrected chi connectivity index (χ4v) is 3.09. The molecule has 2 heterocycles. The van der Waals surface area contributed by atoms with E-state index in [1.165, 1.54) is 6.07 Å². The Hall–Kier alpha value is -3.91. The van der Waals surface area contributed by atoms with Crippen molar-refractivity contribution in [3.8, 4) is 11.3 Å². The van der Waals surface area contributed by atoms with Crippen molar-refractivity contribution in [3.05, 3.63) is 81.2 Å². The molecule has 4 aromatic rings. The van der Waals surface area contributed by atoms with Crippen molar-refractivity contribution >= 4 is 40.3 Å². The molecule has 156 valence electrons. The van der Waals surface area contributed by atoms with Crippen LogP contribution in [-0.4, -0.2) is 23.6 Å². The predicted molar refractivity (Wildman–Crippen MR) is 113 cm³/mol. The molecule has 0 atom stereocenters. The van der Waals surface area contributed by atoms with Gasteiger partial charge >= 0.3 is 11.6 Å². The highest BCUT2D eigenvalue weighted by molar-refractivity contribution is 6.30. The Kier molecular flexibility index (Phi) is 5.55. The molecular formula is C22H15ClN2O6. The molecule has 0 saturated carbocycles. The van der Waals surface area contributed by atoms with Crippen LogP contribution < -0.4 is 10.9 Å². The van der Waals surface area contributed by atoms with Crippen LogP contribution in [0, 0.1) is 0 Å². The highest BCUT2D eigenvalue weighted by Gasteiger charge is 2.27. The number of carbonyl (C=O) groups excluding carboxylic acids is 2. The zero-order chi connectivity index (χ0) is 22.0. The first-order chi connectivity index (χ1) is 15.0. The number of rotatable bonds is 5. The van der Waals surface area contributed by atoms with Gasteiger partial charge in [0.25, 0.3) is 5.91 Å². The number of benzene rings is 2. The van der Waals surface area contributed by atoms with Crippen molar-refractivity contribution in [2.24, 2.45) is 0 Å². The van der Waals surface area contributed by atoms with Crippen LogP contribution in [0.25, 0.3) is 22.2 Å². The van der Waals surface area contributed by atoms with E-state index in [0.717, 1.165) is 0 Å². The number of aromatic nitrogens is 1. The summed E-state index contributed by atoms with van der Waals surface area (Å²) in [5.74, 6) is -1.81. The van der Waals surface area contributed by atoms with Gasteiger partial charge in [-0.15, -0.1) is 0 Å². The van der Waals surface area contributed by atoms with Crippen LogP contribution in [0.4, 0.5) is 5.88 Å². The van der Waals surface area contributed by atoms with E-state index in [4.69, 9.17) is 25.3 Å². The molecule has 31 heavy (non-hydrogen) atoms. The zero-order valence-electron chi connectivity index (χ0n) is 16.2. The molecule has 1 amide bonds. The molecule has 0 aliphatic carbocycles. The Morgan fingerprint density at radius 2 is 1.87 bits per heavy atom. The van der Waals surface area contributed by atoms with Gasteiger partial charge in [-0.1, -0.05) is 47.1 Å². The summed E-state index contributed by atoms with van der Waals surface area (Å²) in [5, 5.41) is 7.39. The summed E-state index contributed by atoms with van der Waals surface area (Å²) < 4.78 is 15.5. The maximum absolute atomic E-state index is 12.8. The van der Waals surface area contributed by atoms with E-state index in [1.807, 2.05) is 0 Å². The average molecular weight is 439 g/mol. The lowest BCUT2D eigenvalue weighted by Crippen LogP contribution is -2.21. The number of para-hydroxylation sites is 1. The number of hydrogen-bond donors (Lipinski definition) is 1. The summed E-state index contributed by atoms with van der Waals surface area (Å²) in [6.45, 7) is 1.75. The summed E-state index contributed by atoms with van der Waals surface area (Å²) in [5.41, 5.74) is -0.120. The number of carbonyl (C=O) groups is 2. The van der Waals surface area contributed by atoms with Gasteiger partial charge in [-0.05, 0) is 31.2 Å². The van der Waals surface area contributed by atoms with E-state index >= 15 is 0 Å². The first kappa shape index (κ1) is 20.4. The van der Waals surface area contributed by atoms with Crippen LogP contribution >= 0.6 is 11.6 Å². The van der Waals surface area contributed by atoms with E-state index in [-0.39, 0.29) is 29.3 Å². The predicted octanol–water partition coefficient (Wildman–Crippen LogP) is 4.53. The molecule has 2 aromatic carbocycles. The van der Waals surface area contributed by atoms with Gasteiger partial charge < -0.3 is 13.7 Å². The SMILES string of the molecule is CCOC(=O)c1c(-c2ccc(Cl)cc2)noc1NC(=O)c1cc2ccccc2oc1=O. The van der Waals surface area contributed by atoms with Gasteiger partial charge in [0.15, 0.2) is 5.56 Å². The molecule has 0 spiro atoms. The fraction of sp³-hybridized carbons (Fsp3) is 0.0909. The van der Waals surface area contributed by atoms with Gasteiger partial charge in [0.1, 0.15) is 16.8 Å². The molecule has 2 aromatic heterocycles. The van der Waals surface area contributed by atoms with E-state index in [1.54, 1.807) is 55.5 Å². The van der Waals surface area contributed by atoms with Crippen LogP contribution in [0.1, 0.15) is 27.6 Å². The minimum atomic E-state index is -0.827. The second kappa shape index (κ2) is 8.45. The van der Waals surface area contributed by atoms with Crippen molar-refractivity contribution in [1.29, 1.82) is 0 Å². The van der Waals surface area contributed by atoms with E-state index < -0.39 is 17.5 Å². The Balaban J connectivity index is 1.73. The number of hydrogen-bond acceptors (Lipinski definition) is 7. The number of nitrogens with zero attached hydrogens (tertiary/aromatic N) is 1. The Bertz CT molecular complexity index is 1340. The molecule has 0 fully saturated rings. The molecule has 0 saturated heterocycles. The van der Waals surface area contributed by atoms with Crippen LogP contribution in [0.3, 0.4) is 0 Å². The maximum atomic E-state index is 12.8. The summed E-state index contributed by atoms with van der Waals surface area (Å²) in [4.78, 5) is 37.6. The summed E-state index contributed by atoms with van der Waals surface area (Å²) in [6, 6.07) is 14.7. The van der Waals surface area contributed by atoms with E-state index in [9.17, 15) is 14.4 Å². The topological polar surface area (TPSA) is 112 Å². The van der Waals surface area contributed by atoms with Crippen molar-refractivity contribution in [1.82, 2.24) is 5.16 Å². The van der Waals surface area contributed by atoms with Crippen LogP contribution in [0.2, 0.25) is 5.02 Å². The monoisotopic (exact) mass is 438 g/mol. The second-order valence-electron chi connectivity index (χ2n) is 6.40. The third kappa shape index (κ3) is 4.06. The number of fused-ring (bicyclic) bond motifs is 1. The van der Waals surface area contributed by atoms with E-state index in [2.05, 4.69) is 10.5 Å². The standard InChI is InChI=1S/C22H15ClN2O6/c1-2-29-22(28)17-18(12-7-9-14(23)10-8-12)25-31-20(17)24-19(26)15-11-13-5-3-4-6-16(13)30-21(15)27/h3-11H,2H2,1H3,(H,24,26). The van der Waals surface area contributed by atoms with Gasteiger partial charge in [0.05, 0.1) is 6.61 Å². The number of nitrogens with one attached hydrogen (secondary N) is 1. The second-order valence-corrected chi connectivity index (χ2v) is 6.84. The third-order valence-corrected chi connectivity index (χ3v) is 4.65. The number of halogens is 1. The fourth-order valence-electron chi connectivity index (χ4n) is 2.96. The van der Waals surface area contributed by atoms with Crippen LogP contribution in [0.15, 0.2) is 68.3 Å². The Morgan fingerprint density at radius 1 is 1.13 bits per heavy atom. The summed E-state index contributed by atoms with van der Waals surface area (Å²) in [7, 11) is 0. The molecule has 8 nitrogen and oxygen atoms in total. The molecule has 0 unspecified atom stereocenters. The molecule has 9 heteroatoms. The highest BCUT2D eigenvalue weighted by atomic mass is 35.5. The Morgan fingerprint density at radius 3 is 2.61 bits per heavy atom. The van der Waals surface area contributed by atoms with Crippen molar-refractivity contribution in [2.75, 3.05) is 11.9 Å². The molecule has 0 aliphatic heterocycles. The summed E-state index contributed by atoms with van der Waals surface area (Å²) >= 11 is 5.92.